The Morgan fingerprint density at radius 2 is 1.95 bits per heavy atom. The molecule has 1 atom stereocenters. The van der Waals surface area contributed by atoms with Gasteiger partial charge in [-0.2, -0.15) is 0 Å². The third kappa shape index (κ3) is 2.83. The highest BCUT2D eigenvalue weighted by Gasteiger charge is 2.33. The summed E-state index contributed by atoms with van der Waals surface area (Å²) in [5.41, 5.74) is -1.02. The number of hydrogen-bond donors (Lipinski definition) is 2. The second-order valence-corrected chi connectivity index (χ2v) is 5.31. The van der Waals surface area contributed by atoms with Crippen molar-refractivity contribution in [3.05, 3.63) is 41.2 Å². The Balaban J connectivity index is 2.46. The predicted octanol–water partition coefficient (Wildman–Crippen LogP) is 2.87. The standard InChI is InChI=1S/C15H15ClN2O3/c1-3-15(2,14(20)21)18-13(19)11-8-17-12(16)10-7-5-4-6-9(10)11/h4-8H,3H2,1-2H3,(H,18,19)(H,20,21). The molecule has 2 N–H and O–H groups in total. The van der Waals surface area contributed by atoms with Crippen LogP contribution in [0.4, 0.5) is 0 Å². The monoisotopic (exact) mass is 306 g/mol. The molecule has 0 aliphatic heterocycles. The van der Waals surface area contributed by atoms with Crippen LogP contribution in [0.5, 0.6) is 0 Å². The average Bonchev–Trinajstić information content (AvgIpc) is 2.47. The van der Waals surface area contributed by atoms with E-state index in [1.807, 2.05) is 0 Å². The van der Waals surface area contributed by atoms with Crippen molar-refractivity contribution >= 4 is 34.2 Å². The highest BCUT2D eigenvalue weighted by molar-refractivity contribution is 6.34. The van der Waals surface area contributed by atoms with Crippen molar-refractivity contribution in [3.8, 4) is 0 Å². The van der Waals surface area contributed by atoms with Gasteiger partial charge in [-0.05, 0) is 18.7 Å². The number of halogens is 1. The van der Waals surface area contributed by atoms with Gasteiger partial charge in [-0.3, -0.25) is 4.79 Å². The van der Waals surface area contributed by atoms with Gasteiger partial charge in [-0.15, -0.1) is 0 Å². The molecule has 0 fully saturated rings. The van der Waals surface area contributed by atoms with E-state index in [0.29, 0.717) is 21.5 Å². The van der Waals surface area contributed by atoms with Crippen molar-refractivity contribution in [2.45, 2.75) is 25.8 Å². The first-order chi connectivity index (χ1) is 9.89. The van der Waals surface area contributed by atoms with E-state index < -0.39 is 17.4 Å². The number of hydrogen-bond acceptors (Lipinski definition) is 3. The molecule has 2 rings (SSSR count). The van der Waals surface area contributed by atoms with Crippen molar-refractivity contribution < 1.29 is 14.7 Å². The number of fused-ring (bicyclic) bond motifs is 1. The Bertz CT molecular complexity index is 717. The minimum absolute atomic E-state index is 0.271. The molecule has 0 saturated heterocycles. The summed E-state index contributed by atoms with van der Waals surface area (Å²) < 4.78 is 0. The molecule has 5 nitrogen and oxygen atoms in total. The Hall–Kier alpha value is -2.14. The number of benzene rings is 1. The van der Waals surface area contributed by atoms with Gasteiger partial charge in [0.1, 0.15) is 10.7 Å². The molecule has 0 bridgehead atoms. The van der Waals surface area contributed by atoms with E-state index in [4.69, 9.17) is 11.6 Å². The summed E-state index contributed by atoms with van der Waals surface area (Å²) in [5, 5.41) is 13.4. The molecular formula is C15H15ClN2O3. The van der Waals surface area contributed by atoms with E-state index in [1.54, 1.807) is 31.2 Å². The maximum atomic E-state index is 12.4. The van der Waals surface area contributed by atoms with E-state index >= 15 is 0 Å². The van der Waals surface area contributed by atoms with Crippen LogP contribution in [0.1, 0.15) is 30.6 Å². The second-order valence-electron chi connectivity index (χ2n) is 4.95. The SMILES string of the molecule is CCC(C)(NC(=O)c1cnc(Cl)c2ccccc12)C(=O)O. The van der Waals surface area contributed by atoms with Gasteiger partial charge in [-0.25, -0.2) is 9.78 Å². The molecule has 0 spiro atoms. The van der Waals surface area contributed by atoms with Gasteiger partial charge < -0.3 is 10.4 Å². The largest absolute Gasteiger partial charge is 0.480 e. The van der Waals surface area contributed by atoms with Gasteiger partial charge in [0.2, 0.25) is 0 Å². The average molecular weight is 307 g/mol. The first kappa shape index (κ1) is 15.3. The van der Waals surface area contributed by atoms with Gasteiger partial charge in [0.15, 0.2) is 0 Å². The number of carbonyl (C=O) groups excluding carboxylic acids is 1. The van der Waals surface area contributed by atoms with Crippen LogP contribution < -0.4 is 5.32 Å². The van der Waals surface area contributed by atoms with Crippen LogP contribution in [-0.2, 0) is 4.79 Å². The van der Waals surface area contributed by atoms with E-state index in [0.717, 1.165) is 0 Å². The molecular weight excluding hydrogens is 292 g/mol. The van der Waals surface area contributed by atoms with Crippen molar-refractivity contribution in [3.63, 3.8) is 0 Å². The van der Waals surface area contributed by atoms with E-state index in [1.165, 1.54) is 13.1 Å². The van der Waals surface area contributed by atoms with Gasteiger partial charge in [-0.1, -0.05) is 42.8 Å². The molecule has 2 aromatic rings. The molecule has 1 unspecified atom stereocenters. The van der Waals surface area contributed by atoms with E-state index in [9.17, 15) is 14.7 Å². The zero-order valence-corrected chi connectivity index (χ0v) is 12.4. The lowest BCUT2D eigenvalue weighted by atomic mass is 9.98. The summed E-state index contributed by atoms with van der Waals surface area (Å²) in [4.78, 5) is 27.7. The Labute approximate surface area is 126 Å². The molecule has 21 heavy (non-hydrogen) atoms. The Kier molecular flexibility index (Phi) is 4.14. The van der Waals surface area contributed by atoms with Crippen molar-refractivity contribution in [2.24, 2.45) is 0 Å². The fourth-order valence-electron chi connectivity index (χ4n) is 1.95. The number of carboxylic acids is 1. The topological polar surface area (TPSA) is 79.3 Å². The van der Waals surface area contributed by atoms with Crippen molar-refractivity contribution in [1.29, 1.82) is 0 Å². The molecule has 1 aromatic heterocycles. The molecule has 1 heterocycles. The van der Waals surface area contributed by atoms with E-state index in [2.05, 4.69) is 10.3 Å². The maximum Gasteiger partial charge on any atom is 0.329 e. The van der Waals surface area contributed by atoms with E-state index in [-0.39, 0.29) is 6.42 Å². The van der Waals surface area contributed by atoms with Gasteiger partial charge in [0.25, 0.3) is 5.91 Å². The van der Waals surface area contributed by atoms with Gasteiger partial charge in [0.05, 0.1) is 5.56 Å². The highest BCUT2D eigenvalue weighted by Crippen LogP contribution is 2.24. The van der Waals surface area contributed by atoms with Crippen molar-refractivity contribution in [1.82, 2.24) is 10.3 Å². The van der Waals surface area contributed by atoms with Gasteiger partial charge >= 0.3 is 5.97 Å². The third-order valence-corrected chi connectivity index (χ3v) is 3.86. The molecule has 0 aliphatic rings. The lowest BCUT2D eigenvalue weighted by Gasteiger charge is -2.24. The number of nitrogens with zero attached hydrogens (tertiary/aromatic N) is 1. The molecule has 0 aliphatic carbocycles. The first-order valence-corrected chi connectivity index (χ1v) is 6.86. The Morgan fingerprint density at radius 3 is 2.52 bits per heavy atom. The molecule has 1 amide bonds. The number of amides is 1. The number of pyridine rings is 1. The highest BCUT2D eigenvalue weighted by atomic mass is 35.5. The lowest BCUT2D eigenvalue weighted by molar-refractivity contribution is -0.143. The minimum atomic E-state index is -1.32. The molecule has 6 heteroatoms. The number of aliphatic carboxylic acids is 1. The third-order valence-electron chi connectivity index (χ3n) is 3.56. The molecule has 1 aromatic carbocycles. The predicted molar refractivity (Wildman–Crippen MR) is 80.6 cm³/mol. The zero-order valence-electron chi connectivity index (χ0n) is 11.7. The van der Waals surface area contributed by atoms with Crippen LogP contribution in [0, 0.1) is 0 Å². The van der Waals surface area contributed by atoms with Crippen LogP contribution >= 0.6 is 11.6 Å². The Morgan fingerprint density at radius 1 is 1.33 bits per heavy atom. The summed E-state index contributed by atoms with van der Waals surface area (Å²) in [5.74, 6) is -1.56. The maximum absolute atomic E-state index is 12.4. The van der Waals surface area contributed by atoms with Crippen molar-refractivity contribution in [2.75, 3.05) is 0 Å². The molecule has 0 radical (unpaired) electrons. The summed E-state index contributed by atoms with van der Waals surface area (Å²) in [6.45, 7) is 3.17. The number of carboxylic acid groups (broad SMARTS) is 1. The second kappa shape index (κ2) is 5.69. The molecule has 0 saturated carbocycles. The van der Waals surface area contributed by atoms with Gasteiger partial charge in [0, 0.05) is 11.6 Å². The summed E-state index contributed by atoms with van der Waals surface area (Å²) in [6.07, 6.45) is 1.63. The summed E-state index contributed by atoms with van der Waals surface area (Å²) in [6, 6.07) is 7.09. The number of aromatic nitrogens is 1. The molecule has 110 valence electrons. The first-order valence-electron chi connectivity index (χ1n) is 6.48. The van der Waals surface area contributed by atoms with Crippen LogP contribution in [0.25, 0.3) is 10.8 Å². The number of carbonyl (C=O) groups is 2. The summed E-state index contributed by atoms with van der Waals surface area (Å²) >= 11 is 6.01. The normalized spacial score (nSPS) is 13.7. The number of nitrogens with one attached hydrogen (secondary N) is 1. The smallest absolute Gasteiger partial charge is 0.329 e. The number of rotatable bonds is 4. The quantitative estimate of drug-likeness (QED) is 0.851. The van der Waals surface area contributed by atoms with Crippen LogP contribution in [0.3, 0.4) is 0 Å². The minimum Gasteiger partial charge on any atom is -0.480 e. The lowest BCUT2D eigenvalue weighted by Crippen LogP contribution is -2.51. The van der Waals surface area contributed by atoms with Crippen LogP contribution in [0.2, 0.25) is 5.15 Å². The van der Waals surface area contributed by atoms with Crippen LogP contribution in [-0.4, -0.2) is 27.5 Å². The fourth-order valence-corrected chi connectivity index (χ4v) is 2.16. The zero-order chi connectivity index (χ0) is 15.6. The van der Waals surface area contributed by atoms with Crippen LogP contribution in [0.15, 0.2) is 30.5 Å². The fraction of sp³-hybridized carbons (Fsp3) is 0.267. The summed E-state index contributed by atoms with van der Waals surface area (Å²) in [7, 11) is 0.